The third kappa shape index (κ3) is 3.43. The number of carbonyl (C=O) groups excluding carboxylic acids is 2. The molecule has 3 heterocycles. The number of aryl methyl sites for hydroxylation is 1. The number of hydrogen-bond acceptors (Lipinski definition) is 4. The van der Waals surface area contributed by atoms with E-state index in [0.717, 1.165) is 30.6 Å². The van der Waals surface area contributed by atoms with Crippen molar-refractivity contribution in [2.45, 2.75) is 32.4 Å². The van der Waals surface area contributed by atoms with Crippen molar-refractivity contribution in [1.29, 1.82) is 0 Å². The van der Waals surface area contributed by atoms with Crippen LogP contribution in [0.4, 0.5) is 0 Å². The van der Waals surface area contributed by atoms with Gasteiger partial charge < -0.3 is 9.80 Å². The first-order valence-corrected chi connectivity index (χ1v) is 8.59. The molecule has 0 radical (unpaired) electrons. The Hall–Kier alpha value is -1.95. The summed E-state index contributed by atoms with van der Waals surface area (Å²) in [6.07, 6.45) is 3.78. The first-order valence-electron chi connectivity index (χ1n) is 8.59. The molecule has 2 bridgehead atoms. The zero-order valence-electron chi connectivity index (χ0n) is 14.7. The molecule has 0 spiro atoms. The zero-order valence-corrected chi connectivity index (χ0v) is 14.7. The van der Waals surface area contributed by atoms with Crippen LogP contribution in [-0.2, 0) is 16.1 Å². The molecule has 1 aromatic heterocycles. The SMILES string of the molecule is Cc1cccnc1CN1CC[C@H]2C[C@@H]1C(=O)N(CC(=O)N(C)C)C2. The van der Waals surface area contributed by atoms with Crippen molar-refractivity contribution in [2.24, 2.45) is 5.92 Å². The second kappa shape index (κ2) is 6.89. The van der Waals surface area contributed by atoms with Gasteiger partial charge in [0.1, 0.15) is 0 Å². The Morgan fingerprint density at radius 3 is 2.92 bits per heavy atom. The van der Waals surface area contributed by atoms with E-state index in [-0.39, 0.29) is 24.4 Å². The molecule has 2 amide bonds. The van der Waals surface area contributed by atoms with Gasteiger partial charge in [0.05, 0.1) is 18.3 Å². The Kier molecular flexibility index (Phi) is 4.85. The highest BCUT2D eigenvalue weighted by Gasteiger charge is 2.41. The summed E-state index contributed by atoms with van der Waals surface area (Å²) in [5.41, 5.74) is 2.19. The number of amides is 2. The predicted molar refractivity (Wildman–Crippen MR) is 91.2 cm³/mol. The van der Waals surface area contributed by atoms with E-state index in [1.54, 1.807) is 30.1 Å². The Morgan fingerprint density at radius 1 is 1.42 bits per heavy atom. The van der Waals surface area contributed by atoms with E-state index in [1.807, 2.05) is 6.07 Å². The molecule has 2 aliphatic rings. The Bertz CT molecular complexity index is 631. The molecule has 6 heteroatoms. The number of hydrogen-bond donors (Lipinski definition) is 0. The standard InChI is InChI=1S/C18H26N4O2/c1-13-5-4-7-19-15(13)11-21-8-6-14-9-16(21)18(24)22(10-14)12-17(23)20(2)3/h4-5,7,14,16H,6,8-12H2,1-3H3/t14-,16+/m0/s1. The van der Waals surface area contributed by atoms with Crippen molar-refractivity contribution in [1.82, 2.24) is 19.7 Å². The topological polar surface area (TPSA) is 56.8 Å². The lowest BCUT2D eigenvalue weighted by atomic mass is 9.85. The van der Waals surface area contributed by atoms with Gasteiger partial charge in [-0.2, -0.15) is 0 Å². The number of piperidine rings is 2. The van der Waals surface area contributed by atoms with E-state index in [9.17, 15) is 9.59 Å². The minimum absolute atomic E-state index is 0.0181. The third-order valence-electron chi connectivity index (χ3n) is 5.19. The number of likely N-dealkylation sites (tertiary alicyclic amines) is 2. The molecule has 24 heavy (non-hydrogen) atoms. The lowest BCUT2D eigenvalue weighted by Gasteiger charge is -2.46. The highest BCUT2D eigenvalue weighted by Crippen LogP contribution is 2.31. The number of nitrogens with zero attached hydrogens (tertiary/aromatic N) is 4. The van der Waals surface area contributed by atoms with Crippen molar-refractivity contribution in [3.63, 3.8) is 0 Å². The summed E-state index contributed by atoms with van der Waals surface area (Å²) in [6.45, 7) is 4.58. The van der Waals surface area contributed by atoms with Crippen LogP contribution < -0.4 is 0 Å². The normalized spacial score (nSPS) is 24.1. The molecule has 0 aromatic carbocycles. The third-order valence-corrected chi connectivity index (χ3v) is 5.19. The van der Waals surface area contributed by atoms with E-state index < -0.39 is 0 Å². The zero-order chi connectivity index (χ0) is 17.3. The first-order chi connectivity index (χ1) is 11.5. The molecule has 2 aliphatic heterocycles. The van der Waals surface area contributed by atoms with Gasteiger partial charge in [0.25, 0.3) is 0 Å². The molecular weight excluding hydrogens is 304 g/mol. The maximum absolute atomic E-state index is 12.9. The monoisotopic (exact) mass is 330 g/mol. The van der Waals surface area contributed by atoms with Gasteiger partial charge >= 0.3 is 0 Å². The maximum Gasteiger partial charge on any atom is 0.241 e. The minimum Gasteiger partial charge on any atom is -0.347 e. The van der Waals surface area contributed by atoms with Crippen molar-refractivity contribution >= 4 is 11.8 Å². The van der Waals surface area contributed by atoms with E-state index in [4.69, 9.17) is 0 Å². The van der Waals surface area contributed by atoms with Crippen LogP contribution in [0.5, 0.6) is 0 Å². The van der Waals surface area contributed by atoms with E-state index in [0.29, 0.717) is 19.0 Å². The van der Waals surface area contributed by atoms with Crippen LogP contribution in [-0.4, -0.2) is 71.3 Å². The molecule has 6 nitrogen and oxygen atoms in total. The summed E-state index contributed by atoms with van der Waals surface area (Å²) in [5.74, 6) is 0.578. The van der Waals surface area contributed by atoms with Gasteiger partial charge in [0.15, 0.2) is 0 Å². The highest BCUT2D eigenvalue weighted by molar-refractivity contribution is 5.88. The van der Waals surface area contributed by atoms with Gasteiger partial charge in [-0.15, -0.1) is 0 Å². The summed E-state index contributed by atoms with van der Waals surface area (Å²) in [5, 5.41) is 0. The van der Waals surface area contributed by atoms with Gasteiger partial charge in [-0.3, -0.25) is 19.5 Å². The molecular formula is C18H26N4O2. The average Bonchev–Trinajstić information content (AvgIpc) is 2.56. The van der Waals surface area contributed by atoms with Crippen LogP contribution in [0.2, 0.25) is 0 Å². The first kappa shape index (κ1) is 16.9. The molecule has 2 atom stereocenters. The van der Waals surface area contributed by atoms with Crippen LogP contribution in [0.1, 0.15) is 24.1 Å². The smallest absolute Gasteiger partial charge is 0.241 e. The molecule has 2 saturated heterocycles. The van der Waals surface area contributed by atoms with Crippen molar-refractivity contribution in [3.05, 3.63) is 29.6 Å². The molecule has 0 unspecified atom stereocenters. The molecule has 130 valence electrons. The van der Waals surface area contributed by atoms with E-state index in [1.165, 1.54) is 0 Å². The largest absolute Gasteiger partial charge is 0.347 e. The molecule has 1 aromatic rings. The van der Waals surface area contributed by atoms with Gasteiger partial charge in [0.2, 0.25) is 11.8 Å². The van der Waals surface area contributed by atoms with Crippen molar-refractivity contribution in [3.8, 4) is 0 Å². The summed E-state index contributed by atoms with van der Waals surface area (Å²) >= 11 is 0. The number of rotatable bonds is 4. The summed E-state index contributed by atoms with van der Waals surface area (Å²) in [7, 11) is 3.46. The van der Waals surface area contributed by atoms with Crippen LogP contribution in [0.3, 0.4) is 0 Å². The quantitative estimate of drug-likeness (QED) is 0.823. The fourth-order valence-electron chi connectivity index (χ4n) is 3.63. The maximum atomic E-state index is 12.9. The lowest BCUT2D eigenvalue weighted by Crippen LogP contribution is -2.59. The fraction of sp³-hybridized carbons (Fsp3) is 0.611. The molecule has 0 aliphatic carbocycles. The summed E-state index contributed by atoms with van der Waals surface area (Å²) < 4.78 is 0. The number of likely N-dealkylation sites (N-methyl/N-ethyl adjacent to an activating group) is 1. The number of carbonyl (C=O) groups is 2. The van der Waals surface area contributed by atoms with Crippen molar-refractivity contribution in [2.75, 3.05) is 33.7 Å². The number of pyridine rings is 1. The molecule has 0 saturated carbocycles. The number of fused-ring (bicyclic) bond motifs is 2. The second-order valence-electron chi connectivity index (χ2n) is 7.15. The van der Waals surface area contributed by atoms with Crippen LogP contribution >= 0.6 is 0 Å². The van der Waals surface area contributed by atoms with Crippen molar-refractivity contribution < 1.29 is 9.59 Å². The predicted octanol–water partition coefficient (Wildman–Crippen LogP) is 0.901. The van der Waals surface area contributed by atoms with E-state index in [2.05, 4.69) is 22.9 Å². The highest BCUT2D eigenvalue weighted by atomic mass is 16.2. The Morgan fingerprint density at radius 2 is 2.21 bits per heavy atom. The van der Waals surface area contributed by atoms with Gasteiger partial charge in [0, 0.05) is 33.4 Å². The van der Waals surface area contributed by atoms with Gasteiger partial charge in [-0.25, -0.2) is 0 Å². The minimum atomic E-state index is -0.117. The molecule has 2 fully saturated rings. The lowest BCUT2D eigenvalue weighted by molar-refractivity contribution is -0.150. The number of aromatic nitrogens is 1. The van der Waals surface area contributed by atoms with Crippen LogP contribution in [0.15, 0.2) is 18.3 Å². The summed E-state index contributed by atoms with van der Waals surface area (Å²) in [4.78, 5) is 34.9. The van der Waals surface area contributed by atoms with Gasteiger partial charge in [-0.05, 0) is 43.9 Å². The second-order valence-corrected chi connectivity index (χ2v) is 7.15. The van der Waals surface area contributed by atoms with Crippen LogP contribution in [0, 0.1) is 12.8 Å². The molecule has 3 rings (SSSR count). The van der Waals surface area contributed by atoms with Gasteiger partial charge in [-0.1, -0.05) is 6.07 Å². The van der Waals surface area contributed by atoms with E-state index >= 15 is 0 Å². The summed E-state index contributed by atoms with van der Waals surface area (Å²) in [6, 6.07) is 3.87. The Labute approximate surface area is 143 Å². The average molecular weight is 330 g/mol. The van der Waals surface area contributed by atoms with Crippen LogP contribution in [0.25, 0.3) is 0 Å². The fourth-order valence-corrected chi connectivity index (χ4v) is 3.63. The Balaban J connectivity index is 1.72. The molecule has 0 N–H and O–H groups in total.